The van der Waals surface area contributed by atoms with Crippen molar-refractivity contribution in [3.8, 4) is 0 Å². The van der Waals surface area contributed by atoms with E-state index in [1.807, 2.05) is 37.3 Å². The molecular formula is C16H20N2O2. The van der Waals surface area contributed by atoms with E-state index in [2.05, 4.69) is 17.6 Å². The molecule has 20 heavy (non-hydrogen) atoms. The van der Waals surface area contributed by atoms with Crippen molar-refractivity contribution in [3.63, 3.8) is 0 Å². The van der Waals surface area contributed by atoms with E-state index in [0.29, 0.717) is 12.1 Å². The minimum Gasteiger partial charge on any atom is -0.472 e. The van der Waals surface area contributed by atoms with Gasteiger partial charge in [0.05, 0.1) is 18.6 Å². The fourth-order valence-corrected chi connectivity index (χ4v) is 1.95. The fourth-order valence-electron chi connectivity index (χ4n) is 1.95. The molecule has 1 aromatic carbocycles. The van der Waals surface area contributed by atoms with Crippen LogP contribution >= 0.6 is 0 Å². The zero-order valence-electron chi connectivity index (χ0n) is 11.8. The van der Waals surface area contributed by atoms with E-state index in [-0.39, 0.29) is 11.9 Å². The highest BCUT2D eigenvalue weighted by Gasteiger charge is 2.09. The number of rotatable bonds is 6. The Morgan fingerprint density at radius 3 is 2.90 bits per heavy atom. The summed E-state index contributed by atoms with van der Waals surface area (Å²) in [4.78, 5) is 11.9. The van der Waals surface area contributed by atoms with E-state index in [0.717, 1.165) is 17.7 Å². The topological polar surface area (TPSA) is 54.3 Å². The minimum absolute atomic E-state index is 0.0357. The monoisotopic (exact) mass is 272 g/mol. The molecule has 1 aromatic heterocycles. The highest BCUT2D eigenvalue weighted by molar-refractivity contribution is 5.95. The van der Waals surface area contributed by atoms with Crippen LogP contribution in [0.25, 0.3) is 0 Å². The molecule has 2 aromatic rings. The first-order valence-electron chi connectivity index (χ1n) is 6.87. The van der Waals surface area contributed by atoms with Gasteiger partial charge in [0.2, 0.25) is 0 Å². The summed E-state index contributed by atoms with van der Waals surface area (Å²) in [5, 5.41) is 6.23. The van der Waals surface area contributed by atoms with Gasteiger partial charge in [0, 0.05) is 23.4 Å². The maximum atomic E-state index is 11.9. The Morgan fingerprint density at radius 2 is 2.20 bits per heavy atom. The maximum Gasteiger partial charge on any atom is 0.251 e. The van der Waals surface area contributed by atoms with Crippen LogP contribution in [0.5, 0.6) is 0 Å². The molecule has 0 aliphatic carbocycles. The summed E-state index contributed by atoms with van der Waals surface area (Å²) in [6.07, 6.45) is 4.30. The van der Waals surface area contributed by atoms with Gasteiger partial charge in [0.25, 0.3) is 5.91 Å². The molecular weight excluding hydrogens is 252 g/mol. The second kappa shape index (κ2) is 6.80. The number of nitrogens with one attached hydrogen (secondary N) is 2. The Morgan fingerprint density at radius 1 is 1.35 bits per heavy atom. The van der Waals surface area contributed by atoms with Crippen LogP contribution in [0, 0.1) is 0 Å². The van der Waals surface area contributed by atoms with E-state index in [1.54, 1.807) is 12.5 Å². The van der Waals surface area contributed by atoms with Crippen molar-refractivity contribution in [1.29, 1.82) is 0 Å². The predicted octanol–water partition coefficient (Wildman–Crippen LogP) is 3.59. The summed E-state index contributed by atoms with van der Waals surface area (Å²) in [6, 6.07) is 9.57. The van der Waals surface area contributed by atoms with Crippen LogP contribution in [-0.4, -0.2) is 12.5 Å². The molecule has 4 heteroatoms. The molecule has 0 aliphatic rings. The number of hydrogen-bond donors (Lipinski definition) is 2. The average molecular weight is 272 g/mol. The summed E-state index contributed by atoms with van der Waals surface area (Å²) in [5.41, 5.74) is 2.66. The number of furan rings is 1. The normalized spacial score (nSPS) is 11.9. The third-order valence-corrected chi connectivity index (χ3v) is 3.09. The van der Waals surface area contributed by atoms with Gasteiger partial charge in [-0.2, -0.15) is 0 Å². The van der Waals surface area contributed by atoms with Crippen molar-refractivity contribution in [3.05, 3.63) is 54.0 Å². The number of benzene rings is 1. The second-order valence-electron chi connectivity index (χ2n) is 4.76. The first-order valence-corrected chi connectivity index (χ1v) is 6.87. The first-order chi connectivity index (χ1) is 9.70. The van der Waals surface area contributed by atoms with Crippen LogP contribution < -0.4 is 10.6 Å². The predicted molar refractivity (Wildman–Crippen MR) is 79.8 cm³/mol. The lowest BCUT2D eigenvalue weighted by Gasteiger charge is -2.14. The smallest absolute Gasteiger partial charge is 0.251 e. The zero-order chi connectivity index (χ0) is 14.4. The summed E-state index contributed by atoms with van der Waals surface area (Å²) >= 11 is 0. The van der Waals surface area contributed by atoms with Crippen LogP contribution in [0.4, 0.5) is 5.69 Å². The molecule has 2 N–H and O–H groups in total. The molecule has 0 saturated heterocycles. The third kappa shape index (κ3) is 3.63. The summed E-state index contributed by atoms with van der Waals surface area (Å²) < 4.78 is 5.08. The number of anilines is 1. The van der Waals surface area contributed by atoms with E-state index in [9.17, 15) is 4.79 Å². The Kier molecular flexibility index (Phi) is 4.82. The van der Waals surface area contributed by atoms with E-state index >= 15 is 0 Å². The molecule has 1 atom stereocenters. The highest BCUT2D eigenvalue weighted by Crippen LogP contribution is 2.20. The molecule has 0 fully saturated rings. The fraction of sp³-hybridized carbons (Fsp3) is 0.312. The number of carbonyl (C=O) groups excluding carboxylic acids is 1. The van der Waals surface area contributed by atoms with E-state index in [1.165, 1.54) is 0 Å². The van der Waals surface area contributed by atoms with Gasteiger partial charge >= 0.3 is 0 Å². The Hall–Kier alpha value is -2.23. The number of amides is 1. The Labute approximate surface area is 119 Å². The molecule has 1 heterocycles. The van der Waals surface area contributed by atoms with Gasteiger partial charge in [-0.25, -0.2) is 0 Å². The van der Waals surface area contributed by atoms with E-state index < -0.39 is 0 Å². The largest absolute Gasteiger partial charge is 0.472 e. The molecule has 0 spiro atoms. The summed E-state index contributed by atoms with van der Waals surface area (Å²) in [7, 11) is 0. The molecule has 0 aliphatic heterocycles. The Balaban J connectivity index is 2.04. The minimum atomic E-state index is -0.0357. The molecule has 106 valence electrons. The van der Waals surface area contributed by atoms with E-state index in [4.69, 9.17) is 4.42 Å². The van der Waals surface area contributed by atoms with Crippen molar-refractivity contribution in [1.82, 2.24) is 5.32 Å². The van der Waals surface area contributed by atoms with Gasteiger partial charge in [0.1, 0.15) is 0 Å². The quantitative estimate of drug-likeness (QED) is 0.845. The molecule has 1 amide bonds. The van der Waals surface area contributed by atoms with Crippen LogP contribution in [0.2, 0.25) is 0 Å². The van der Waals surface area contributed by atoms with Gasteiger partial charge in [-0.3, -0.25) is 4.79 Å². The van der Waals surface area contributed by atoms with Crippen molar-refractivity contribution in [2.75, 3.05) is 11.9 Å². The standard InChI is InChI=1S/C16H20N2O2/c1-3-8-17-16(19)13-5-4-6-15(10-13)18-12(2)14-7-9-20-11-14/h4-7,9-12,18H,3,8H2,1-2H3,(H,17,19). The first kappa shape index (κ1) is 14.2. The highest BCUT2D eigenvalue weighted by atomic mass is 16.3. The lowest BCUT2D eigenvalue weighted by atomic mass is 10.1. The molecule has 2 rings (SSSR count). The van der Waals surface area contributed by atoms with Crippen molar-refractivity contribution >= 4 is 11.6 Å². The number of carbonyl (C=O) groups is 1. The van der Waals surface area contributed by atoms with Crippen LogP contribution in [0.3, 0.4) is 0 Å². The van der Waals surface area contributed by atoms with Gasteiger partial charge in [-0.1, -0.05) is 13.0 Å². The van der Waals surface area contributed by atoms with Gasteiger partial charge < -0.3 is 15.1 Å². The maximum absolute atomic E-state index is 11.9. The Bertz CT molecular complexity index is 549. The van der Waals surface area contributed by atoms with Gasteiger partial charge in [-0.15, -0.1) is 0 Å². The third-order valence-electron chi connectivity index (χ3n) is 3.09. The molecule has 0 bridgehead atoms. The van der Waals surface area contributed by atoms with Crippen molar-refractivity contribution in [2.24, 2.45) is 0 Å². The summed E-state index contributed by atoms with van der Waals surface area (Å²) in [6.45, 7) is 4.78. The molecule has 0 saturated carbocycles. The van der Waals surface area contributed by atoms with Gasteiger partial charge in [-0.05, 0) is 37.6 Å². The average Bonchev–Trinajstić information content (AvgIpc) is 2.99. The SMILES string of the molecule is CCCNC(=O)c1cccc(NC(C)c2ccoc2)c1. The lowest BCUT2D eigenvalue weighted by Crippen LogP contribution is -2.24. The molecule has 4 nitrogen and oxygen atoms in total. The molecule has 0 radical (unpaired) electrons. The van der Waals surface area contributed by atoms with Crippen LogP contribution in [0.1, 0.15) is 42.2 Å². The summed E-state index contributed by atoms with van der Waals surface area (Å²) in [5.74, 6) is -0.0357. The second-order valence-corrected chi connectivity index (χ2v) is 4.76. The molecule has 1 unspecified atom stereocenters. The number of hydrogen-bond acceptors (Lipinski definition) is 3. The van der Waals surface area contributed by atoms with Crippen LogP contribution in [-0.2, 0) is 0 Å². The lowest BCUT2D eigenvalue weighted by molar-refractivity contribution is 0.0953. The van der Waals surface area contributed by atoms with Gasteiger partial charge in [0.15, 0.2) is 0 Å². The van der Waals surface area contributed by atoms with Crippen molar-refractivity contribution < 1.29 is 9.21 Å². The van der Waals surface area contributed by atoms with Crippen LogP contribution in [0.15, 0.2) is 47.3 Å². The zero-order valence-corrected chi connectivity index (χ0v) is 11.8. The van der Waals surface area contributed by atoms with Crippen molar-refractivity contribution in [2.45, 2.75) is 26.3 Å².